The van der Waals surface area contributed by atoms with E-state index in [4.69, 9.17) is 9.73 Å². The van der Waals surface area contributed by atoms with Crippen LogP contribution in [0.5, 0.6) is 5.75 Å². The molecule has 2 aliphatic rings. The topological polar surface area (TPSA) is 78.0 Å². The predicted octanol–water partition coefficient (Wildman–Crippen LogP) is 2.79. The van der Waals surface area contributed by atoms with Crippen LogP contribution in [0.25, 0.3) is 0 Å². The van der Waals surface area contributed by atoms with Crippen molar-refractivity contribution in [3.8, 4) is 5.75 Å². The van der Waals surface area contributed by atoms with Gasteiger partial charge in [0.05, 0.1) is 0 Å². The highest BCUT2D eigenvalue weighted by Crippen LogP contribution is 2.19. The van der Waals surface area contributed by atoms with Crippen molar-refractivity contribution in [2.45, 2.75) is 65.1 Å². The van der Waals surface area contributed by atoms with Crippen molar-refractivity contribution in [3.63, 3.8) is 0 Å². The van der Waals surface area contributed by atoms with E-state index in [0.29, 0.717) is 30.6 Å². The number of amides is 1. The maximum Gasteiger partial charge on any atom is 0.258 e. The lowest BCUT2D eigenvalue weighted by molar-refractivity contribution is -0.123. The van der Waals surface area contributed by atoms with Crippen LogP contribution in [0.1, 0.15) is 46.1 Å². The van der Waals surface area contributed by atoms with E-state index in [1.165, 1.54) is 5.56 Å². The van der Waals surface area contributed by atoms with Gasteiger partial charge in [0.2, 0.25) is 0 Å². The molecular weight excluding hydrogens is 517 g/mol. The number of hydrogen-bond donors (Lipinski definition) is 3. The molecule has 2 unspecified atom stereocenters. The molecule has 1 aromatic carbocycles. The van der Waals surface area contributed by atoms with E-state index in [1.807, 2.05) is 24.3 Å². The van der Waals surface area contributed by atoms with Crippen LogP contribution in [0.4, 0.5) is 0 Å². The molecule has 8 heteroatoms. The Balaban J connectivity index is 0.00000363. The maximum atomic E-state index is 11.7. The normalized spacial score (nSPS) is 21.2. The van der Waals surface area contributed by atoms with Crippen LogP contribution in [0.2, 0.25) is 0 Å². The second-order valence-electron chi connectivity index (χ2n) is 9.06. The molecule has 7 nitrogen and oxygen atoms in total. The quantitative estimate of drug-likeness (QED) is 0.234. The van der Waals surface area contributed by atoms with Crippen molar-refractivity contribution in [1.29, 1.82) is 0 Å². The largest absolute Gasteiger partial charge is 0.484 e. The summed E-state index contributed by atoms with van der Waals surface area (Å²) in [6.45, 7) is 12.7. The van der Waals surface area contributed by atoms with E-state index in [-0.39, 0.29) is 36.5 Å². The van der Waals surface area contributed by atoms with Gasteiger partial charge in [-0.2, -0.15) is 0 Å². The Labute approximate surface area is 210 Å². The minimum absolute atomic E-state index is 0. The molecule has 3 rings (SSSR count). The number of nitrogens with zero attached hydrogens (tertiary/aromatic N) is 2. The van der Waals surface area contributed by atoms with Crippen molar-refractivity contribution in [2.75, 3.05) is 32.8 Å². The third-order valence-corrected chi connectivity index (χ3v) is 5.94. The lowest BCUT2D eigenvalue weighted by Crippen LogP contribution is -2.46. The molecule has 1 heterocycles. The van der Waals surface area contributed by atoms with Crippen LogP contribution in [0.15, 0.2) is 29.3 Å². The number of nitrogens with one attached hydrogen (secondary N) is 3. The number of ether oxygens (including phenoxy) is 1. The lowest BCUT2D eigenvalue weighted by Gasteiger charge is -2.22. The highest BCUT2D eigenvalue weighted by Gasteiger charge is 2.31. The molecule has 1 saturated carbocycles. The first kappa shape index (κ1) is 26.7. The zero-order valence-corrected chi connectivity index (χ0v) is 22.2. The highest BCUT2D eigenvalue weighted by molar-refractivity contribution is 14.0. The standard InChI is InChI=1S/C24H39N5O2.HI/c1-5-25-24(28-22-15-29(17(2)3)14-18(22)4)26-13-12-19-6-10-21(11-7-19)31-16-23(30)27-20-8-9-20;/h6-7,10-11,17-18,20,22H,5,8-9,12-16H2,1-4H3,(H,27,30)(H2,25,26,28);1H. The number of hydrogen-bond acceptors (Lipinski definition) is 4. The molecular formula is C24H40IN5O2. The molecule has 1 aliphatic heterocycles. The number of aliphatic imine (C=N–C) groups is 1. The predicted molar refractivity (Wildman–Crippen MR) is 141 cm³/mol. The number of rotatable bonds is 10. The zero-order chi connectivity index (χ0) is 22.2. The van der Waals surface area contributed by atoms with E-state index in [0.717, 1.165) is 50.6 Å². The Morgan fingerprint density at radius 2 is 1.91 bits per heavy atom. The molecule has 1 amide bonds. The van der Waals surface area contributed by atoms with Gasteiger partial charge in [0.1, 0.15) is 5.75 Å². The molecule has 32 heavy (non-hydrogen) atoms. The smallest absolute Gasteiger partial charge is 0.258 e. The summed E-state index contributed by atoms with van der Waals surface area (Å²) in [5, 5.41) is 9.94. The SMILES string of the molecule is CCNC(=NCCc1ccc(OCC(=O)NC2CC2)cc1)NC1CN(C(C)C)CC1C.I. The van der Waals surface area contributed by atoms with Gasteiger partial charge in [0, 0.05) is 44.3 Å². The minimum atomic E-state index is -0.0440. The molecule has 0 aromatic heterocycles. The number of benzene rings is 1. The summed E-state index contributed by atoms with van der Waals surface area (Å²) in [7, 11) is 0. The van der Waals surface area contributed by atoms with E-state index in [2.05, 4.69) is 48.5 Å². The molecule has 0 bridgehead atoms. The Kier molecular flexibility index (Phi) is 11.0. The fourth-order valence-corrected chi connectivity index (χ4v) is 3.80. The number of halogens is 1. The summed E-state index contributed by atoms with van der Waals surface area (Å²) >= 11 is 0. The number of likely N-dealkylation sites (tertiary alicyclic amines) is 1. The van der Waals surface area contributed by atoms with Crippen LogP contribution in [0.3, 0.4) is 0 Å². The third-order valence-electron chi connectivity index (χ3n) is 5.94. The summed E-state index contributed by atoms with van der Waals surface area (Å²) in [5.74, 6) is 2.17. The molecule has 3 N–H and O–H groups in total. The second-order valence-corrected chi connectivity index (χ2v) is 9.06. The minimum Gasteiger partial charge on any atom is -0.484 e. The van der Waals surface area contributed by atoms with Crippen LogP contribution in [0, 0.1) is 5.92 Å². The second kappa shape index (κ2) is 13.2. The van der Waals surface area contributed by atoms with Crippen LogP contribution < -0.4 is 20.7 Å². The summed E-state index contributed by atoms with van der Waals surface area (Å²) in [6, 6.07) is 9.31. The van der Waals surface area contributed by atoms with Gasteiger partial charge in [0.15, 0.2) is 12.6 Å². The number of carbonyl (C=O) groups is 1. The average Bonchev–Trinajstić information content (AvgIpc) is 3.48. The molecule has 180 valence electrons. The Morgan fingerprint density at radius 3 is 2.50 bits per heavy atom. The molecule has 1 aromatic rings. The molecule has 1 aliphatic carbocycles. The summed E-state index contributed by atoms with van der Waals surface area (Å²) < 4.78 is 5.57. The van der Waals surface area contributed by atoms with Crippen molar-refractivity contribution in [2.24, 2.45) is 10.9 Å². The van der Waals surface area contributed by atoms with Crippen molar-refractivity contribution < 1.29 is 9.53 Å². The molecule has 0 radical (unpaired) electrons. The van der Waals surface area contributed by atoms with Gasteiger partial charge in [-0.3, -0.25) is 14.7 Å². The van der Waals surface area contributed by atoms with Gasteiger partial charge < -0.3 is 20.7 Å². The highest BCUT2D eigenvalue weighted by atomic mass is 127. The fraction of sp³-hybridized carbons (Fsp3) is 0.667. The molecule has 1 saturated heterocycles. The maximum absolute atomic E-state index is 11.7. The van der Waals surface area contributed by atoms with E-state index >= 15 is 0 Å². The summed E-state index contributed by atoms with van der Waals surface area (Å²) in [6.07, 6.45) is 3.03. The van der Waals surface area contributed by atoms with Crippen LogP contribution >= 0.6 is 24.0 Å². The van der Waals surface area contributed by atoms with E-state index in [9.17, 15) is 4.79 Å². The van der Waals surface area contributed by atoms with Gasteiger partial charge in [-0.25, -0.2) is 0 Å². The molecule has 2 atom stereocenters. The van der Waals surface area contributed by atoms with Crippen molar-refractivity contribution >= 4 is 35.8 Å². The molecule has 0 spiro atoms. The van der Waals surface area contributed by atoms with Gasteiger partial charge in [-0.05, 0) is 63.6 Å². The van der Waals surface area contributed by atoms with Gasteiger partial charge in [-0.1, -0.05) is 19.1 Å². The number of carbonyl (C=O) groups excluding carboxylic acids is 1. The third kappa shape index (κ3) is 8.77. The first-order valence-electron chi connectivity index (χ1n) is 11.7. The van der Waals surface area contributed by atoms with Crippen LogP contribution in [-0.4, -0.2) is 67.7 Å². The molecule has 2 fully saturated rings. The summed E-state index contributed by atoms with van der Waals surface area (Å²) in [5.41, 5.74) is 1.20. The van der Waals surface area contributed by atoms with Crippen LogP contribution in [-0.2, 0) is 11.2 Å². The lowest BCUT2D eigenvalue weighted by atomic mass is 10.1. The fourth-order valence-electron chi connectivity index (χ4n) is 3.80. The Bertz CT molecular complexity index is 736. The van der Waals surface area contributed by atoms with E-state index in [1.54, 1.807) is 0 Å². The van der Waals surface area contributed by atoms with E-state index < -0.39 is 0 Å². The monoisotopic (exact) mass is 557 g/mol. The van der Waals surface area contributed by atoms with Gasteiger partial charge in [0.25, 0.3) is 5.91 Å². The average molecular weight is 558 g/mol. The Morgan fingerprint density at radius 1 is 1.19 bits per heavy atom. The summed E-state index contributed by atoms with van der Waals surface area (Å²) in [4.78, 5) is 19.0. The first-order valence-corrected chi connectivity index (χ1v) is 11.7. The first-order chi connectivity index (χ1) is 14.9. The Hall–Kier alpha value is -1.55. The van der Waals surface area contributed by atoms with Crippen molar-refractivity contribution in [3.05, 3.63) is 29.8 Å². The zero-order valence-electron chi connectivity index (χ0n) is 19.9. The van der Waals surface area contributed by atoms with Crippen molar-refractivity contribution in [1.82, 2.24) is 20.9 Å². The van der Waals surface area contributed by atoms with Gasteiger partial charge >= 0.3 is 0 Å². The number of guanidine groups is 1. The van der Waals surface area contributed by atoms with Gasteiger partial charge in [-0.15, -0.1) is 24.0 Å².